The molecule has 2 atom stereocenters. The van der Waals surface area contributed by atoms with Crippen LogP contribution in [0.3, 0.4) is 0 Å². The van der Waals surface area contributed by atoms with Gasteiger partial charge in [-0.3, -0.25) is 4.79 Å². The van der Waals surface area contributed by atoms with Crippen molar-refractivity contribution >= 4 is 11.6 Å². The number of amides is 1. The predicted octanol–water partition coefficient (Wildman–Crippen LogP) is 4.09. The van der Waals surface area contributed by atoms with E-state index in [-0.39, 0.29) is 17.2 Å². The summed E-state index contributed by atoms with van der Waals surface area (Å²) in [6.07, 6.45) is 0. The maximum atomic E-state index is 12.8. The fourth-order valence-electron chi connectivity index (χ4n) is 3.37. The number of rotatable bonds is 3. The summed E-state index contributed by atoms with van der Waals surface area (Å²) in [7, 11) is 1.87. The molecule has 0 aliphatic heterocycles. The fourth-order valence-corrected chi connectivity index (χ4v) is 3.37. The van der Waals surface area contributed by atoms with Crippen LogP contribution in [0.4, 0.5) is 5.69 Å². The van der Waals surface area contributed by atoms with Crippen molar-refractivity contribution in [1.29, 1.82) is 0 Å². The highest BCUT2D eigenvalue weighted by Gasteiger charge is 2.62. The zero-order valence-electron chi connectivity index (χ0n) is 12.8. The van der Waals surface area contributed by atoms with Crippen LogP contribution >= 0.6 is 0 Å². The minimum atomic E-state index is 0.0292. The average molecular weight is 279 g/mol. The third-order valence-corrected chi connectivity index (χ3v) is 4.73. The van der Waals surface area contributed by atoms with Gasteiger partial charge >= 0.3 is 0 Å². The molecule has 0 saturated heterocycles. The number of benzene rings is 2. The lowest BCUT2D eigenvalue weighted by Gasteiger charge is -2.18. The van der Waals surface area contributed by atoms with Crippen LogP contribution in [0.2, 0.25) is 0 Å². The first-order chi connectivity index (χ1) is 10.0. The van der Waals surface area contributed by atoms with Crippen LogP contribution in [-0.4, -0.2) is 13.0 Å². The second kappa shape index (κ2) is 5.03. The van der Waals surface area contributed by atoms with Gasteiger partial charge in [0.1, 0.15) is 0 Å². The average Bonchev–Trinajstić information content (AvgIpc) is 3.10. The van der Waals surface area contributed by atoms with Crippen molar-refractivity contribution in [3.8, 4) is 0 Å². The van der Waals surface area contributed by atoms with Crippen LogP contribution in [0.15, 0.2) is 60.7 Å². The van der Waals surface area contributed by atoms with E-state index in [1.807, 2.05) is 55.6 Å². The molecular formula is C19H21NO. The van der Waals surface area contributed by atoms with E-state index in [9.17, 15) is 4.79 Å². The van der Waals surface area contributed by atoms with Crippen molar-refractivity contribution in [3.63, 3.8) is 0 Å². The van der Waals surface area contributed by atoms with E-state index in [1.54, 1.807) is 4.90 Å². The molecule has 1 aliphatic rings. The normalized spacial score (nSPS) is 22.6. The Morgan fingerprint density at radius 1 is 0.952 bits per heavy atom. The highest BCUT2D eigenvalue weighted by Crippen LogP contribution is 2.64. The van der Waals surface area contributed by atoms with Gasteiger partial charge in [-0.05, 0) is 23.1 Å². The number of para-hydroxylation sites is 1. The van der Waals surface area contributed by atoms with E-state index in [0.29, 0.717) is 5.92 Å². The van der Waals surface area contributed by atoms with Gasteiger partial charge in [0.25, 0.3) is 0 Å². The Morgan fingerprint density at radius 2 is 1.48 bits per heavy atom. The number of hydrogen-bond acceptors (Lipinski definition) is 1. The largest absolute Gasteiger partial charge is 0.315 e. The summed E-state index contributed by atoms with van der Waals surface area (Å²) in [5.74, 6) is 0.586. The zero-order valence-corrected chi connectivity index (χ0v) is 12.8. The van der Waals surface area contributed by atoms with Crippen molar-refractivity contribution in [2.24, 2.45) is 11.3 Å². The highest BCUT2D eigenvalue weighted by molar-refractivity contribution is 5.98. The van der Waals surface area contributed by atoms with Crippen molar-refractivity contribution in [1.82, 2.24) is 0 Å². The summed E-state index contributed by atoms with van der Waals surface area (Å²) in [6.45, 7) is 4.37. The quantitative estimate of drug-likeness (QED) is 0.828. The number of nitrogens with zero attached hydrogens (tertiary/aromatic N) is 1. The smallest absolute Gasteiger partial charge is 0.231 e. The molecule has 1 amide bonds. The monoisotopic (exact) mass is 279 g/mol. The van der Waals surface area contributed by atoms with Gasteiger partial charge in [0.05, 0.1) is 5.92 Å². The van der Waals surface area contributed by atoms with Gasteiger partial charge in [0.15, 0.2) is 0 Å². The van der Waals surface area contributed by atoms with Crippen LogP contribution in [0, 0.1) is 11.3 Å². The van der Waals surface area contributed by atoms with Crippen molar-refractivity contribution in [2.75, 3.05) is 11.9 Å². The van der Waals surface area contributed by atoms with Gasteiger partial charge in [-0.1, -0.05) is 62.4 Å². The van der Waals surface area contributed by atoms with Crippen molar-refractivity contribution in [3.05, 3.63) is 66.2 Å². The van der Waals surface area contributed by atoms with Gasteiger partial charge in [-0.25, -0.2) is 0 Å². The van der Waals surface area contributed by atoms with Crippen LogP contribution in [-0.2, 0) is 4.79 Å². The van der Waals surface area contributed by atoms with Gasteiger partial charge in [-0.2, -0.15) is 0 Å². The number of hydrogen-bond donors (Lipinski definition) is 0. The van der Waals surface area contributed by atoms with Crippen LogP contribution in [0.5, 0.6) is 0 Å². The molecule has 2 aromatic carbocycles. The predicted molar refractivity (Wildman–Crippen MR) is 86.3 cm³/mol. The standard InChI is InChI=1S/C19H21NO/c1-19(2)16(14-10-6-4-7-11-14)17(19)18(21)20(3)15-12-8-5-9-13-15/h4-13,16-17H,1-3H3/t16-,17+/m0/s1. The molecule has 3 rings (SSSR count). The van der Waals surface area contributed by atoms with E-state index in [0.717, 1.165) is 5.69 Å². The SMILES string of the molecule is CN(C(=O)[C@H]1[C@H](c2ccccc2)C1(C)C)c1ccccc1. The molecule has 1 saturated carbocycles. The second-order valence-corrected chi connectivity index (χ2v) is 6.42. The van der Waals surface area contributed by atoms with E-state index in [4.69, 9.17) is 0 Å². The number of anilines is 1. The molecule has 0 aromatic heterocycles. The van der Waals surface area contributed by atoms with Gasteiger partial charge in [-0.15, -0.1) is 0 Å². The van der Waals surface area contributed by atoms with Crippen molar-refractivity contribution in [2.45, 2.75) is 19.8 Å². The molecule has 0 N–H and O–H groups in total. The molecule has 0 unspecified atom stereocenters. The van der Waals surface area contributed by atoms with E-state index in [1.165, 1.54) is 5.56 Å². The molecule has 1 aliphatic carbocycles. The van der Waals surface area contributed by atoms with Crippen molar-refractivity contribution < 1.29 is 4.79 Å². The molecule has 0 heterocycles. The summed E-state index contributed by atoms with van der Waals surface area (Å²) in [5.41, 5.74) is 2.25. The van der Waals surface area contributed by atoms with E-state index < -0.39 is 0 Å². The summed E-state index contributed by atoms with van der Waals surface area (Å²) >= 11 is 0. The maximum absolute atomic E-state index is 12.8. The first-order valence-electron chi connectivity index (χ1n) is 7.41. The summed E-state index contributed by atoms with van der Waals surface area (Å²) in [4.78, 5) is 14.6. The Balaban J connectivity index is 1.83. The minimum absolute atomic E-state index is 0.0292. The van der Waals surface area contributed by atoms with E-state index in [2.05, 4.69) is 26.0 Å². The minimum Gasteiger partial charge on any atom is -0.315 e. The molecule has 1 fully saturated rings. The lowest BCUT2D eigenvalue weighted by atomic mass is 10.0. The highest BCUT2D eigenvalue weighted by atomic mass is 16.2. The van der Waals surface area contributed by atoms with Gasteiger partial charge in [0.2, 0.25) is 5.91 Å². The van der Waals surface area contributed by atoms with Crippen LogP contribution < -0.4 is 4.90 Å². The van der Waals surface area contributed by atoms with Crippen LogP contribution in [0.1, 0.15) is 25.3 Å². The Bertz CT molecular complexity index is 633. The first kappa shape index (κ1) is 13.9. The summed E-state index contributed by atoms with van der Waals surface area (Å²) in [5, 5.41) is 0. The third-order valence-electron chi connectivity index (χ3n) is 4.73. The lowest BCUT2D eigenvalue weighted by Crippen LogP contribution is -2.29. The third kappa shape index (κ3) is 2.35. The Morgan fingerprint density at radius 3 is 2.05 bits per heavy atom. The Hall–Kier alpha value is -2.09. The van der Waals surface area contributed by atoms with Gasteiger partial charge < -0.3 is 4.90 Å². The molecular weight excluding hydrogens is 258 g/mol. The second-order valence-electron chi connectivity index (χ2n) is 6.42. The molecule has 21 heavy (non-hydrogen) atoms. The van der Waals surface area contributed by atoms with E-state index >= 15 is 0 Å². The van der Waals surface area contributed by atoms with Gasteiger partial charge in [0, 0.05) is 18.7 Å². The topological polar surface area (TPSA) is 20.3 Å². The molecule has 0 spiro atoms. The molecule has 0 radical (unpaired) electrons. The number of carbonyl (C=O) groups excluding carboxylic acids is 1. The summed E-state index contributed by atoms with van der Waals surface area (Å²) < 4.78 is 0. The molecule has 2 aromatic rings. The van der Waals surface area contributed by atoms with Crippen LogP contribution in [0.25, 0.3) is 0 Å². The Kier molecular flexibility index (Phi) is 3.32. The number of carbonyl (C=O) groups is 1. The fraction of sp³-hybridized carbons (Fsp3) is 0.316. The maximum Gasteiger partial charge on any atom is 0.231 e. The molecule has 0 bridgehead atoms. The Labute approximate surface area is 126 Å². The molecule has 2 heteroatoms. The molecule has 2 nitrogen and oxygen atoms in total. The summed E-state index contributed by atoms with van der Waals surface area (Å²) in [6, 6.07) is 20.2. The first-order valence-corrected chi connectivity index (χ1v) is 7.41. The molecule has 108 valence electrons. The lowest BCUT2D eigenvalue weighted by molar-refractivity contribution is -0.120. The zero-order chi connectivity index (χ0) is 15.0.